The van der Waals surface area contributed by atoms with Gasteiger partial charge >= 0.3 is 362 Å². The third-order valence-electron chi connectivity index (χ3n) is 7.92. The van der Waals surface area contributed by atoms with Gasteiger partial charge in [0, 0.05) is 0 Å². The topological polar surface area (TPSA) is 225 Å². The Hall–Kier alpha value is -4.45. The predicted octanol–water partition coefficient (Wildman–Crippen LogP) is 1.90. The van der Waals surface area contributed by atoms with Crippen molar-refractivity contribution in [2.75, 3.05) is 13.2 Å². The summed E-state index contributed by atoms with van der Waals surface area (Å²) in [4.78, 5) is 103. The fourth-order valence-electron chi connectivity index (χ4n) is 5.72. The molecule has 0 unspecified atom stereocenters. The number of esters is 6. The summed E-state index contributed by atoms with van der Waals surface area (Å²) in [5, 5.41) is 4.98. The summed E-state index contributed by atoms with van der Waals surface area (Å²) >= 11 is 16.3. The Morgan fingerprint density at radius 2 is 1.41 bits per heavy atom. The van der Waals surface area contributed by atoms with E-state index in [0.29, 0.717) is 10.0 Å². The molecule has 0 bridgehead atoms. The van der Waals surface area contributed by atoms with Gasteiger partial charge in [-0.25, -0.2) is 0 Å². The number of halogens is 3. The van der Waals surface area contributed by atoms with Gasteiger partial charge < -0.3 is 0 Å². The Kier molecular flexibility index (Phi) is 18.9. The molecular formula is C38H43Cl3N2O15Se. The first-order valence-corrected chi connectivity index (χ1v) is 20.6. The van der Waals surface area contributed by atoms with E-state index in [-0.39, 0.29) is 6.61 Å². The van der Waals surface area contributed by atoms with E-state index >= 15 is 0 Å². The number of ether oxygens (including phenoxy) is 7. The maximum atomic E-state index is 14.7. The second kappa shape index (κ2) is 22.8. The van der Waals surface area contributed by atoms with Gasteiger partial charge in [-0.2, -0.15) is 0 Å². The summed E-state index contributed by atoms with van der Waals surface area (Å²) in [7, 11) is 0. The normalized spacial score (nSPS) is 20.3. The zero-order chi connectivity index (χ0) is 43.9. The third kappa shape index (κ3) is 16.6. The van der Waals surface area contributed by atoms with E-state index in [2.05, 4.69) is 10.6 Å². The van der Waals surface area contributed by atoms with Gasteiger partial charge in [-0.3, -0.25) is 0 Å². The summed E-state index contributed by atoms with van der Waals surface area (Å²) in [6.07, 6.45) is -7.65. The number of carbonyl (C=O) groups excluding carboxylic acids is 8. The van der Waals surface area contributed by atoms with Gasteiger partial charge in [-0.05, 0) is 0 Å². The fraction of sp³-hybridized carbons (Fsp3) is 0.474. The molecule has 0 aromatic heterocycles. The van der Waals surface area contributed by atoms with E-state index in [0.717, 1.165) is 34.6 Å². The average Bonchev–Trinajstić information content (AvgIpc) is 3.13. The van der Waals surface area contributed by atoms with Crippen LogP contribution in [0, 0.1) is 0 Å². The molecule has 17 nitrogen and oxygen atoms in total. The van der Waals surface area contributed by atoms with Crippen molar-refractivity contribution in [3.63, 3.8) is 0 Å². The van der Waals surface area contributed by atoms with Crippen molar-refractivity contribution < 1.29 is 71.5 Å². The standard InChI is InChI=1S/C38H43Cl3N2O15Se/c1-21(44)42-32-29(55-23(3)46)16-37(59-27-14-10-7-11-15-27,58-34(32)33(57-25(5)48)30(56-24(4)47)20-52-22(2)45)36(51)54-19-28(43-31(49)17-38(39,40)41)35(50)53-18-26-12-8-6-9-13-26/h6-15,28-30,32-34H,16-20H2,1-5H3,(H,42,44)(H,43,49)/t28-,29-,30+,32+,33+,34+,37-/m0/s1. The van der Waals surface area contributed by atoms with Crippen LogP contribution in [0.4, 0.5) is 0 Å². The van der Waals surface area contributed by atoms with Crippen LogP contribution in [0.25, 0.3) is 0 Å². The number of hydrogen-bond donors (Lipinski definition) is 2. The van der Waals surface area contributed by atoms with Crippen LogP contribution in [0.5, 0.6) is 0 Å². The zero-order valence-corrected chi connectivity index (χ0v) is 36.4. The second-order valence-corrected chi connectivity index (χ2v) is 18.3. The molecule has 1 aliphatic rings. The zero-order valence-electron chi connectivity index (χ0n) is 32.4. The molecule has 0 spiro atoms. The van der Waals surface area contributed by atoms with E-state index < -0.39 is 133 Å². The van der Waals surface area contributed by atoms with Gasteiger partial charge in [0.2, 0.25) is 0 Å². The molecule has 21 heteroatoms. The third-order valence-corrected chi connectivity index (χ3v) is 11.0. The van der Waals surface area contributed by atoms with Crippen molar-refractivity contribution in [3.8, 4) is 0 Å². The minimum atomic E-state index is -2.16. The first-order valence-electron chi connectivity index (χ1n) is 17.8. The van der Waals surface area contributed by atoms with Crippen molar-refractivity contribution >= 4 is 102 Å². The van der Waals surface area contributed by atoms with Crippen LogP contribution in [0.1, 0.15) is 53.0 Å². The fourth-order valence-corrected chi connectivity index (χ4v) is 8.65. The van der Waals surface area contributed by atoms with Crippen LogP contribution >= 0.6 is 34.8 Å². The van der Waals surface area contributed by atoms with Crippen LogP contribution in [0.2, 0.25) is 0 Å². The van der Waals surface area contributed by atoms with Gasteiger partial charge in [-0.15, -0.1) is 0 Å². The number of hydrogen-bond acceptors (Lipinski definition) is 15. The van der Waals surface area contributed by atoms with Gasteiger partial charge in [0.05, 0.1) is 0 Å². The molecule has 1 fully saturated rings. The van der Waals surface area contributed by atoms with Crippen molar-refractivity contribution in [2.24, 2.45) is 0 Å². The molecule has 1 saturated heterocycles. The van der Waals surface area contributed by atoms with Crippen molar-refractivity contribution in [1.82, 2.24) is 10.6 Å². The van der Waals surface area contributed by atoms with Gasteiger partial charge in [0.25, 0.3) is 0 Å². The summed E-state index contributed by atoms with van der Waals surface area (Å²) in [5.74, 6) is -7.27. The Balaban J connectivity index is 2.17. The molecule has 0 aliphatic carbocycles. The van der Waals surface area contributed by atoms with Crippen molar-refractivity contribution in [3.05, 3.63) is 66.2 Å². The number of carbonyl (C=O) groups is 8. The molecular weight excluding hydrogens is 910 g/mol. The molecule has 0 saturated carbocycles. The maximum absolute atomic E-state index is 14.7. The molecule has 1 aliphatic heterocycles. The molecule has 3 rings (SSSR count). The van der Waals surface area contributed by atoms with Crippen molar-refractivity contribution in [2.45, 2.75) is 98.9 Å². The molecule has 59 heavy (non-hydrogen) atoms. The van der Waals surface area contributed by atoms with E-state index in [1.165, 1.54) is 0 Å². The van der Waals surface area contributed by atoms with Crippen LogP contribution in [-0.2, 0) is 78.1 Å². The van der Waals surface area contributed by atoms with E-state index in [4.69, 9.17) is 68.0 Å². The molecule has 1 heterocycles. The first-order chi connectivity index (χ1) is 27.7. The Morgan fingerprint density at radius 1 is 0.797 bits per heavy atom. The molecule has 2 aromatic carbocycles. The Bertz CT molecular complexity index is 1820. The summed E-state index contributed by atoms with van der Waals surface area (Å²) in [6.45, 7) is 3.59. The summed E-state index contributed by atoms with van der Waals surface area (Å²) < 4.78 is 36.0. The van der Waals surface area contributed by atoms with E-state index in [1.54, 1.807) is 60.7 Å². The van der Waals surface area contributed by atoms with Crippen molar-refractivity contribution in [1.29, 1.82) is 0 Å². The van der Waals surface area contributed by atoms with Gasteiger partial charge in [0.15, 0.2) is 0 Å². The Labute approximate surface area is 360 Å². The molecule has 322 valence electrons. The number of benzene rings is 2. The molecule has 2 N–H and O–H groups in total. The van der Waals surface area contributed by atoms with Gasteiger partial charge in [0.1, 0.15) is 0 Å². The minimum absolute atomic E-state index is 0.223. The molecule has 0 radical (unpaired) electrons. The van der Waals surface area contributed by atoms with Crippen LogP contribution < -0.4 is 15.1 Å². The number of nitrogens with one attached hydrogen (secondary N) is 2. The van der Waals surface area contributed by atoms with Crippen LogP contribution in [0.3, 0.4) is 0 Å². The molecule has 7 atom stereocenters. The van der Waals surface area contributed by atoms with Gasteiger partial charge in [-0.1, -0.05) is 0 Å². The Morgan fingerprint density at radius 3 is 1.95 bits per heavy atom. The molecule has 2 aromatic rings. The quantitative estimate of drug-likeness (QED) is 0.0943. The van der Waals surface area contributed by atoms with Crippen LogP contribution in [-0.4, -0.2) is 121 Å². The predicted molar refractivity (Wildman–Crippen MR) is 209 cm³/mol. The second-order valence-electron chi connectivity index (χ2n) is 13.0. The van der Waals surface area contributed by atoms with E-state index in [1.807, 2.05) is 0 Å². The molecule has 2 amide bonds. The number of alkyl halides is 3. The number of rotatable bonds is 18. The first kappa shape index (κ1) is 48.9. The summed E-state index contributed by atoms with van der Waals surface area (Å²) in [5.41, 5.74) is 0.601. The number of amides is 2. The summed E-state index contributed by atoms with van der Waals surface area (Å²) in [6, 6.07) is 13.9. The van der Waals surface area contributed by atoms with E-state index in [9.17, 15) is 38.4 Å². The van der Waals surface area contributed by atoms with Crippen LogP contribution in [0.15, 0.2) is 60.7 Å². The monoisotopic (exact) mass is 952 g/mol. The SMILES string of the molecule is CC(=O)N[C@H]1[C@H]([C@H](OC(C)=O)[C@@H](COC(C)=O)OC(C)=O)O[C@@]([Se]c2ccccc2)(C(=O)OC[C@H](NC(=O)CC(Cl)(Cl)Cl)C(=O)OCc2ccccc2)C[C@@H]1OC(C)=O. The average molecular weight is 953 g/mol.